The Kier molecular flexibility index (Phi) is 6.09. The fraction of sp³-hybridized carbons (Fsp3) is 0.154. The third-order valence-electron chi connectivity index (χ3n) is 2.50. The van der Waals surface area contributed by atoms with Gasteiger partial charge in [-0.2, -0.15) is 0 Å². The van der Waals surface area contributed by atoms with E-state index < -0.39 is 5.97 Å². The number of carboxylic acid groups (broad SMARTS) is 1. The number of hydrogen-bond donors (Lipinski definition) is 2. The van der Waals surface area contributed by atoms with E-state index in [1.165, 1.54) is 6.08 Å². The van der Waals surface area contributed by atoms with Crippen LogP contribution < -0.4 is 0 Å². The van der Waals surface area contributed by atoms with Gasteiger partial charge in [0, 0.05) is 15.6 Å². The molecule has 0 radical (unpaired) electrons. The highest BCUT2D eigenvalue weighted by Gasteiger charge is 2.16. The zero-order chi connectivity index (χ0) is 16.3. The van der Waals surface area contributed by atoms with Crippen LogP contribution in [0.4, 0.5) is 0 Å². The van der Waals surface area contributed by atoms with Gasteiger partial charge in [-0.1, -0.05) is 6.92 Å². The van der Waals surface area contributed by atoms with Gasteiger partial charge in [0.2, 0.25) is 5.89 Å². The van der Waals surface area contributed by atoms with Crippen molar-refractivity contribution in [1.29, 1.82) is 0 Å². The molecule has 0 aliphatic heterocycles. The number of thioether (sulfide) groups is 1. The number of benzene rings is 1. The first-order chi connectivity index (χ1) is 10.4. The molecule has 1 aromatic heterocycles. The monoisotopic (exact) mass is 544 g/mol. The Bertz CT molecular complexity index is 746. The average molecular weight is 544 g/mol. The van der Waals surface area contributed by atoms with Gasteiger partial charge in [-0.15, -0.1) is 10.2 Å². The molecule has 0 spiro atoms. The molecular weight excluding hydrogens is 534 g/mol. The fourth-order valence-corrected chi connectivity index (χ4v) is 4.06. The lowest BCUT2D eigenvalue weighted by atomic mass is 10.2. The summed E-state index contributed by atoms with van der Waals surface area (Å²) in [7, 11) is 0. The van der Waals surface area contributed by atoms with Crippen LogP contribution in [-0.4, -0.2) is 26.4 Å². The van der Waals surface area contributed by atoms with E-state index in [2.05, 4.69) is 32.8 Å². The average Bonchev–Trinajstić information content (AvgIpc) is 2.91. The summed E-state index contributed by atoms with van der Waals surface area (Å²) in [6.07, 6.45) is 1.97. The number of aliphatic carboxylic acids is 1. The van der Waals surface area contributed by atoms with E-state index in [9.17, 15) is 15.0 Å². The minimum absolute atomic E-state index is 0.0144. The predicted molar refractivity (Wildman–Crippen MR) is 98.7 cm³/mol. The smallest absolute Gasteiger partial charge is 0.342 e. The molecule has 6 nitrogen and oxygen atoms in total. The molecule has 22 heavy (non-hydrogen) atoms. The first kappa shape index (κ1) is 17.5. The molecule has 2 aromatic rings. The zero-order valence-corrected chi connectivity index (χ0v) is 16.3. The van der Waals surface area contributed by atoms with Crippen LogP contribution in [0.3, 0.4) is 0 Å². The summed E-state index contributed by atoms with van der Waals surface area (Å²) in [6, 6.07) is 3.50. The SMILES string of the molecule is CCc1nnc(S/C(=C\c2cc(I)cc(I)c2O)C(=O)O)o1. The van der Waals surface area contributed by atoms with E-state index in [0.717, 1.165) is 15.3 Å². The van der Waals surface area contributed by atoms with Gasteiger partial charge in [-0.25, -0.2) is 4.79 Å². The lowest BCUT2D eigenvalue weighted by Gasteiger charge is -2.05. The number of nitrogens with zero attached hydrogens (tertiary/aromatic N) is 2. The Hall–Kier alpha value is -0.820. The number of phenolic OH excluding ortho intramolecular Hbond substituents is 1. The fourth-order valence-electron chi connectivity index (χ4n) is 1.49. The maximum atomic E-state index is 11.4. The van der Waals surface area contributed by atoms with Crippen LogP contribution in [0, 0.1) is 7.14 Å². The lowest BCUT2D eigenvalue weighted by Crippen LogP contribution is -1.97. The topological polar surface area (TPSA) is 96.5 Å². The van der Waals surface area contributed by atoms with Crippen molar-refractivity contribution in [1.82, 2.24) is 10.2 Å². The van der Waals surface area contributed by atoms with Crippen molar-refractivity contribution >= 4 is 69.0 Å². The van der Waals surface area contributed by atoms with Crippen LogP contribution in [0.15, 0.2) is 26.7 Å². The third kappa shape index (κ3) is 4.35. The molecule has 0 saturated heterocycles. The molecule has 0 atom stereocenters. The summed E-state index contributed by atoms with van der Waals surface area (Å²) in [5, 5.41) is 27.1. The van der Waals surface area contributed by atoms with Crippen LogP contribution in [0.2, 0.25) is 0 Å². The highest BCUT2D eigenvalue weighted by Crippen LogP contribution is 2.33. The van der Waals surface area contributed by atoms with Crippen LogP contribution in [-0.2, 0) is 11.2 Å². The number of phenols is 1. The van der Waals surface area contributed by atoms with Crippen molar-refractivity contribution in [3.8, 4) is 5.75 Å². The molecule has 1 heterocycles. The molecular formula is C13H10I2N2O4S. The first-order valence-electron chi connectivity index (χ1n) is 6.04. The Labute approximate surface area is 157 Å². The van der Waals surface area contributed by atoms with Gasteiger partial charge in [0.05, 0.1) is 3.57 Å². The molecule has 116 valence electrons. The summed E-state index contributed by atoms with van der Waals surface area (Å²) < 4.78 is 6.84. The van der Waals surface area contributed by atoms with Crippen LogP contribution in [0.5, 0.6) is 5.75 Å². The normalized spacial score (nSPS) is 11.7. The maximum Gasteiger partial charge on any atom is 0.342 e. The number of rotatable bonds is 5. The van der Waals surface area contributed by atoms with Gasteiger partial charge in [-0.3, -0.25) is 0 Å². The number of carboxylic acids is 1. The quantitative estimate of drug-likeness (QED) is 0.337. The van der Waals surface area contributed by atoms with Crippen LogP contribution >= 0.6 is 56.9 Å². The maximum absolute atomic E-state index is 11.4. The number of carbonyl (C=O) groups is 1. The molecule has 0 amide bonds. The van der Waals surface area contributed by atoms with Gasteiger partial charge in [-0.05, 0) is 75.2 Å². The molecule has 0 bridgehead atoms. The highest BCUT2D eigenvalue weighted by molar-refractivity contribution is 14.1. The Morgan fingerprint density at radius 3 is 2.73 bits per heavy atom. The second-order valence-electron chi connectivity index (χ2n) is 4.06. The zero-order valence-electron chi connectivity index (χ0n) is 11.2. The summed E-state index contributed by atoms with van der Waals surface area (Å²) in [6.45, 7) is 1.86. The number of aryl methyl sites for hydroxylation is 1. The molecule has 0 aliphatic rings. The summed E-state index contributed by atoms with van der Waals surface area (Å²) in [5.41, 5.74) is 0.427. The van der Waals surface area contributed by atoms with Crippen LogP contribution in [0.1, 0.15) is 18.4 Å². The van der Waals surface area contributed by atoms with Crippen molar-refractivity contribution in [2.45, 2.75) is 18.6 Å². The lowest BCUT2D eigenvalue weighted by molar-refractivity contribution is -0.131. The molecule has 2 N–H and O–H groups in total. The Balaban J connectivity index is 2.37. The Morgan fingerprint density at radius 1 is 1.41 bits per heavy atom. The van der Waals surface area contributed by atoms with Crippen molar-refractivity contribution in [2.75, 3.05) is 0 Å². The van der Waals surface area contributed by atoms with Gasteiger partial charge in [0.25, 0.3) is 5.22 Å². The summed E-state index contributed by atoms with van der Waals surface area (Å²) >= 11 is 4.95. The number of aromatic hydroxyl groups is 1. The molecule has 2 rings (SSSR count). The van der Waals surface area contributed by atoms with E-state index in [0.29, 0.717) is 21.4 Å². The van der Waals surface area contributed by atoms with Crippen molar-refractivity contribution in [3.05, 3.63) is 35.6 Å². The van der Waals surface area contributed by atoms with E-state index in [-0.39, 0.29) is 15.9 Å². The molecule has 1 aromatic carbocycles. The molecule has 0 fully saturated rings. The van der Waals surface area contributed by atoms with Gasteiger partial charge >= 0.3 is 5.97 Å². The number of aromatic nitrogens is 2. The van der Waals surface area contributed by atoms with E-state index in [1.807, 2.05) is 29.5 Å². The van der Waals surface area contributed by atoms with E-state index in [4.69, 9.17) is 4.42 Å². The molecule has 0 unspecified atom stereocenters. The van der Waals surface area contributed by atoms with E-state index >= 15 is 0 Å². The standard InChI is InChI=1S/C13H10I2N2O4S/c1-2-10-16-17-13(21-10)22-9(12(19)20)4-6-3-7(14)5-8(15)11(6)18/h3-5,18H,2H2,1H3,(H,19,20)/b9-4-. The minimum atomic E-state index is -1.13. The third-order valence-corrected chi connectivity index (χ3v) is 4.80. The van der Waals surface area contributed by atoms with Gasteiger partial charge in [0.15, 0.2) is 0 Å². The predicted octanol–water partition coefficient (Wildman–Crippen LogP) is 3.76. The highest BCUT2D eigenvalue weighted by atomic mass is 127. The molecule has 0 saturated carbocycles. The first-order valence-corrected chi connectivity index (χ1v) is 9.01. The summed E-state index contributed by atoms with van der Waals surface area (Å²) in [4.78, 5) is 11.4. The molecule has 0 aliphatic carbocycles. The Morgan fingerprint density at radius 2 is 2.14 bits per heavy atom. The van der Waals surface area contributed by atoms with Gasteiger partial charge < -0.3 is 14.6 Å². The van der Waals surface area contributed by atoms with Gasteiger partial charge in [0.1, 0.15) is 10.7 Å². The number of halogens is 2. The van der Waals surface area contributed by atoms with Crippen molar-refractivity contribution in [3.63, 3.8) is 0 Å². The van der Waals surface area contributed by atoms with E-state index in [1.54, 1.807) is 12.1 Å². The van der Waals surface area contributed by atoms with Crippen molar-refractivity contribution in [2.24, 2.45) is 0 Å². The van der Waals surface area contributed by atoms with Crippen LogP contribution in [0.25, 0.3) is 6.08 Å². The summed E-state index contributed by atoms with van der Waals surface area (Å²) in [5.74, 6) is -0.645. The largest absolute Gasteiger partial charge is 0.506 e. The van der Waals surface area contributed by atoms with Crippen molar-refractivity contribution < 1.29 is 19.4 Å². The second kappa shape index (κ2) is 7.64. The number of hydrogen-bond acceptors (Lipinski definition) is 6. The second-order valence-corrected chi connectivity index (χ2v) is 7.46. The minimum Gasteiger partial charge on any atom is -0.506 e. The molecule has 9 heteroatoms.